The zero-order chi connectivity index (χ0) is 26.7. The summed E-state index contributed by atoms with van der Waals surface area (Å²) in [6.07, 6.45) is 14.4. The number of nitrogens with zero attached hydrogens (tertiary/aromatic N) is 1. The van der Waals surface area contributed by atoms with Gasteiger partial charge < -0.3 is 18.9 Å². The number of rotatable bonds is 14. The number of ether oxygens (including phenoxy) is 4. The fraction of sp³-hybridized carbons (Fsp3) is 0.625. The Morgan fingerprint density at radius 2 is 1.42 bits per heavy atom. The van der Waals surface area contributed by atoms with Gasteiger partial charge in [-0.25, -0.2) is 0 Å². The first kappa shape index (κ1) is 28.9. The van der Waals surface area contributed by atoms with Crippen LogP contribution in [0, 0.1) is 0 Å². The molecule has 4 rings (SSSR count). The maximum Gasteiger partial charge on any atom is 0.161 e. The SMILES string of the molecule is COc1ccc(C(CCCCCCN2CCc3cc(OC)c(OC)cc3C2)SC2CCCCC2)cc1OC. The average molecular weight is 542 g/mol. The van der Waals surface area contributed by atoms with Crippen molar-refractivity contribution < 1.29 is 18.9 Å². The van der Waals surface area contributed by atoms with Crippen LogP contribution < -0.4 is 18.9 Å². The van der Waals surface area contributed by atoms with E-state index in [1.54, 1.807) is 28.4 Å². The molecule has 1 fully saturated rings. The largest absolute Gasteiger partial charge is 0.493 e. The van der Waals surface area contributed by atoms with Crippen LogP contribution >= 0.6 is 11.8 Å². The second-order valence-corrected chi connectivity index (χ2v) is 12.2. The monoisotopic (exact) mass is 541 g/mol. The third-order valence-electron chi connectivity index (χ3n) is 8.18. The van der Waals surface area contributed by atoms with Gasteiger partial charge in [-0.05, 0) is 79.6 Å². The van der Waals surface area contributed by atoms with E-state index < -0.39 is 0 Å². The summed E-state index contributed by atoms with van der Waals surface area (Å²) in [5, 5.41) is 1.32. The van der Waals surface area contributed by atoms with Gasteiger partial charge in [-0.1, -0.05) is 44.6 Å². The van der Waals surface area contributed by atoms with Crippen molar-refractivity contribution in [1.29, 1.82) is 0 Å². The molecule has 210 valence electrons. The van der Waals surface area contributed by atoms with E-state index in [0.717, 1.165) is 47.8 Å². The molecule has 1 aliphatic heterocycles. The summed E-state index contributed by atoms with van der Waals surface area (Å²) in [4.78, 5) is 2.60. The summed E-state index contributed by atoms with van der Waals surface area (Å²) in [5.41, 5.74) is 4.17. The number of benzene rings is 2. The molecule has 1 unspecified atom stereocenters. The third kappa shape index (κ3) is 7.75. The summed E-state index contributed by atoms with van der Waals surface area (Å²) in [6, 6.07) is 10.9. The Kier molecular flexibility index (Phi) is 11.4. The van der Waals surface area contributed by atoms with Crippen molar-refractivity contribution in [3.8, 4) is 23.0 Å². The second-order valence-electron chi connectivity index (χ2n) is 10.7. The molecule has 2 aromatic carbocycles. The molecular formula is C32H47NO4S. The highest BCUT2D eigenvalue weighted by Crippen LogP contribution is 2.43. The van der Waals surface area contributed by atoms with Crippen molar-refractivity contribution in [2.45, 2.75) is 87.7 Å². The first-order valence-electron chi connectivity index (χ1n) is 14.5. The molecule has 1 atom stereocenters. The molecule has 0 N–H and O–H groups in total. The maximum absolute atomic E-state index is 5.63. The Morgan fingerprint density at radius 1 is 0.763 bits per heavy atom. The van der Waals surface area contributed by atoms with Crippen LogP contribution in [-0.2, 0) is 13.0 Å². The molecule has 1 heterocycles. The van der Waals surface area contributed by atoms with Gasteiger partial charge in [0, 0.05) is 23.6 Å². The van der Waals surface area contributed by atoms with E-state index in [1.165, 1.54) is 87.4 Å². The standard InChI is InChI=1S/C32H47NO4S/c1-34-28-16-15-25(21-29(28)35-2)32(38-27-12-8-7-9-13-27)14-10-5-6-11-18-33-19-17-24-20-30(36-3)31(37-4)22-26(24)23-33/h15-16,20-22,27,32H,5-14,17-19,23H2,1-4H3. The molecule has 0 radical (unpaired) electrons. The van der Waals surface area contributed by atoms with Crippen molar-refractivity contribution in [3.05, 3.63) is 47.0 Å². The van der Waals surface area contributed by atoms with Gasteiger partial charge in [0.1, 0.15) is 0 Å². The van der Waals surface area contributed by atoms with E-state index in [-0.39, 0.29) is 0 Å². The van der Waals surface area contributed by atoms with Crippen LogP contribution in [0.25, 0.3) is 0 Å². The van der Waals surface area contributed by atoms with E-state index in [2.05, 4.69) is 47.0 Å². The van der Waals surface area contributed by atoms with Crippen molar-refractivity contribution in [2.75, 3.05) is 41.5 Å². The molecule has 0 bridgehead atoms. The van der Waals surface area contributed by atoms with Crippen LogP contribution in [0.15, 0.2) is 30.3 Å². The van der Waals surface area contributed by atoms with E-state index in [0.29, 0.717) is 5.25 Å². The van der Waals surface area contributed by atoms with E-state index in [4.69, 9.17) is 18.9 Å². The van der Waals surface area contributed by atoms with Crippen molar-refractivity contribution >= 4 is 11.8 Å². The molecule has 0 amide bonds. The van der Waals surface area contributed by atoms with Crippen molar-refractivity contribution in [2.24, 2.45) is 0 Å². The first-order valence-corrected chi connectivity index (χ1v) is 15.4. The number of hydrogen-bond acceptors (Lipinski definition) is 6. The molecule has 6 heteroatoms. The average Bonchev–Trinajstić information content (AvgIpc) is 2.97. The summed E-state index contributed by atoms with van der Waals surface area (Å²) in [5.74, 6) is 3.34. The predicted octanol–water partition coefficient (Wildman–Crippen LogP) is 7.84. The van der Waals surface area contributed by atoms with E-state index >= 15 is 0 Å². The molecule has 2 aromatic rings. The van der Waals surface area contributed by atoms with Gasteiger partial charge in [0.15, 0.2) is 23.0 Å². The lowest BCUT2D eigenvalue weighted by Gasteiger charge is -2.29. The Labute approximate surface area is 234 Å². The predicted molar refractivity (Wildman–Crippen MR) is 158 cm³/mol. The van der Waals surface area contributed by atoms with Crippen LogP contribution in [-0.4, -0.2) is 51.7 Å². The van der Waals surface area contributed by atoms with Gasteiger partial charge in [0.05, 0.1) is 28.4 Å². The Hall–Kier alpha value is -2.05. The van der Waals surface area contributed by atoms with Gasteiger partial charge in [-0.2, -0.15) is 11.8 Å². The fourth-order valence-electron chi connectivity index (χ4n) is 5.95. The van der Waals surface area contributed by atoms with Crippen LogP contribution in [0.1, 0.15) is 86.1 Å². The van der Waals surface area contributed by atoms with Gasteiger partial charge in [0.25, 0.3) is 0 Å². The van der Waals surface area contributed by atoms with Gasteiger partial charge in [0.2, 0.25) is 0 Å². The minimum Gasteiger partial charge on any atom is -0.493 e. The topological polar surface area (TPSA) is 40.2 Å². The van der Waals surface area contributed by atoms with Gasteiger partial charge >= 0.3 is 0 Å². The van der Waals surface area contributed by atoms with E-state index in [1.807, 2.05) is 0 Å². The van der Waals surface area contributed by atoms with E-state index in [9.17, 15) is 0 Å². The van der Waals surface area contributed by atoms with Crippen molar-refractivity contribution in [3.63, 3.8) is 0 Å². The lowest BCUT2D eigenvalue weighted by molar-refractivity contribution is 0.246. The Balaban J connectivity index is 1.25. The lowest BCUT2D eigenvalue weighted by atomic mass is 9.98. The Bertz CT molecular complexity index is 1010. The molecule has 0 aromatic heterocycles. The minimum atomic E-state index is 0.531. The molecule has 0 spiro atoms. The lowest BCUT2D eigenvalue weighted by Crippen LogP contribution is -2.31. The normalized spacial score (nSPS) is 17.1. The molecule has 38 heavy (non-hydrogen) atoms. The summed E-state index contributed by atoms with van der Waals surface area (Å²) in [6.45, 7) is 3.31. The molecule has 0 saturated heterocycles. The molecule has 1 aliphatic carbocycles. The molecular weight excluding hydrogens is 494 g/mol. The van der Waals surface area contributed by atoms with Gasteiger partial charge in [-0.3, -0.25) is 4.90 Å². The summed E-state index contributed by atoms with van der Waals surface area (Å²) in [7, 11) is 6.87. The third-order valence-corrected chi connectivity index (χ3v) is 9.87. The zero-order valence-electron chi connectivity index (χ0n) is 23.9. The number of hydrogen-bond donors (Lipinski definition) is 0. The summed E-state index contributed by atoms with van der Waals surface area (Å²) >= 11 is 2.21. The molecule has 2 aliphatic rings. The molecule has 1 saturated carbocycles. The maximum atomic E-state index is 5.63. The summed E-state index contributed by atoms with van der Waals surface area (Å²) < 4.78 is 22.1. The zero-order valence-corrected chi connectivity index (χ0v) is 24.7. The quantitative estimate of drug-likeness (QED) is 0.227. The second kappa shape index (κ2) is 14.9. The van der Waals surface area contributed by atoms with Crippen LogP contribution in [0.4, 0.5) is 0 Å². The fourth-order valence-corrected chi connectivity index (χ4v) is 7.63. The number of unbranched alkanes of at least 4 members (excludes halogenated alkanes) is 3. The number of fused-ring (bicyclic) bond motifs is 1. The highest BCUT2D eigenvalue weighted by Gasteiger charge is 2.22. The number of thioether (sulfide) groups is 1. The smallest absolute Gasteiger partial charge is 0.161 e. The van der Waals surface area contributed by atoms with Crippen molar-refractivity contribution in [1.82, 2.24) is 4.90 Å². The highest BCUT2D eigenvalue weighted by molar-refractivity contribution is 8.00. The minimum absolute atomic E-state index is 0.531. The molecule has 5 nitrogen and oxygen atoms in total. The Morgan fingerprint density at radius 3 is 2.13 bits per heavy atom. The highest BCUT2D eigenvalue weighted by atomic mass is 32.2. The van der Waals surface area contributed by atoms with Crippen LogP contribution in [0.5, 0.6) is 23.0 Å². The van der Waals surface area contributed by atoms with Crippen LogP contribution in [0.2, 0.25) is 0 Å². The first-order chi connectivity index (χ1) is 18.6. The number of methoxy groups -OCH3 is 4. The van der Waals surface area contributed by atoms with Crippen LogP contribution in [0.3, 0.4) is 0 Å². The van der Waals surface area contributed by atoms with Gasteiger partial charge in [-0.15, -0.1) is 0 Å².